The number of hydrogen-bond acceptors (Lipinski definition) is 2. The van der Waals surface area contributed by atoms with Crippen LogP contribution in [0.25, 0.3) is 0 Å². The number of hydrogen-bond donors (Lipinski definition) is 0. The molecule has 25 heavy (non-hydrogen) atoms. The van der Waals surface area contributed by atoms with Gasteiger partial charge in [0.1, 0.15) is 0 Å². The van der Waals surface area contributed by atoms with Crippen molar-refractivity contribution in [1.82, 2.24) is 0 Å². The van der Waals surface area contributed by atoms with E-state index in [4.69, 9.17) is 0 Å². The minimum Gasteiger partial charge on any atom is -0.224 e. The molecule has 136 valence electrons. The molecular weight excluding hydrogens is 788 g/mol. The molecule has 2 aromatic rings. The number of aryl methyl sites for hydroxylation is 2. The predicted molar refractivity (Wildman–Crippen MR) is 140 cm³/mol. The van der Waals surface area contributed by atoms with Crippen LogP contribution in [0.5, 0.6) is 0 Å². The molecule has 0 N–H and O–H groups in total. The van der Waals surface area contributed by atoms with Crippen molar-refractivity contribution in [3.8, 4) is 0 Å². The minimum absolute atomic E-state index is 0.485. The van der Waals surface area contributed by atoms with Crippen molar-refractivity contribution >= 4 is 100 Å². The van der Waals surface area contributed by atoms with Gasteiger partial charge in [0.25, 0.3) is 0 Å². The summed E-state index contributed by atoms with van der Waals surface area (Å²) >= 11 is 8.37. The standard InChI is InChI=1S/C18H18I4O2S/c1-13-3-7-15(8-4-13)11-17(19,20)25(23,24)18(21,22)12-16-9-5-14(2)6-10-16/h3-10H,11-12H2,1-2H3. The fourth-order valence-electron chi connectivity index (χ4n) is 2.30. The summed E-state index contributed by atoms with van der Waals surface area (Å²) in [6.45, 7) is 4.06. The van der Waals surface area contributed by atoms with Gasteiger partial charge in [-0.15, -0.1) is 0 Å². The largest absolute Gasteiger partial charge is 0.224 e. The Kier molecular flexibility index (Phi) is 7.92. The van der Waals surface area contributed by atoms with Crippen LogP contribution in [-0.4, -0.2) is 9.94 Å². The fourth-order valence-corrected chi connectivity index (χ4v) is 14.8. The third-order valence-corrected chi connectivity index (χ3v) is 14.2. The van der Waals surface area contributed by atoms with Crippen molar-refractivity contribution in [2.45, 2.75) is 28.2 Å². The van der Waals surface area contributed by atoms with Gasteiger partial charge in [-0.2, -0.15) is 0 Å². The second-order valence-electron chi connectivity index (χ2n) is 6.10. The number of halogens is 4. The van der Waals surface area contributed by atoms with E-state index in [0.717, 1.165) is 11.1 Å². The average Bonchev–Trinajstić information content (AvgIpc) is 2.51. The highest BCUT2D eigenvalue weighted by Crippen LogP contribution is 2.50. The molecule has 2 rings (SSSR count). The summed E-state index contributed by atoms with van der Waals surface area (Å²) in [5.41, 5.74) is 4.43. The van der Waals surface area contributed by atoms with E-state index in [-0.39, 0.29) is 0 Å². The molecule has 0 aliphatic carbocycles. The van der Waals surface area contributed by atoms with Crippen molar-refractivity contribution in [3.63, 3.8) is 0 Å². The summed E-state index contributed by atoms with van der Waals surface area (Å²) < 4.78 is 25.0. The van der Waals surface area contributed by atoms with Gasteiger partial charge < -0.3 is 0 Å². The molecule has 0 atom stereocenters. The first-order valence-electron chi connectivity index (χ1n) is 7.55. The smallest absolute Gasteiger partial charge is 0.199 e. The van der Waals surface area contributed by atoms with E-state index >= 15 is 0 Å². The summed E-state index contributed by atoms with van der Waals surface area (Å²) in [5.74, 6) is 0. The molecule has 0 aliphatic rings. The summed E-state index contributed by atoms with van der Waals surface area (Å²) in [5, 5.41) is 0. The fraction of sp³-hybridized carbons (Fsp3) is 0.333. The Morgan fingerprint density at radius 2 is 0.960 bits per heavy atom. The Labute approximate surface area is 204 Å². The highest BCUT2D eigenvalue weighted by molar-refractivity contribution is 14.2. The van der Waals surface area contributed by atoms with Crippen LogP contribution in [0.2, 0.25) is 0 Å². The maximum Gasteiger partial charge on any atom is 0.199 e. The van der Waals surface area contributed by atoms with Gasteiger partial charge >= 0.3 is 0 Å². The molecular formula is C18H18I4O2S. The topological polar surface area (TPSA) is 34.1 Å². The maximum absolute atomic E-state index is 13.4. The SMILES string of the molecule is Cc1ccc(CC(I)(I)S(=O)(=O)C(I)(I)Cc2ccc(C)cc2)cc1. The van der Waals surface area contributed by atoms with E-state index in [1.54, 1.807) is 0 Å². The number of benzene rings is 2. The van der Waals surface area contributed by atoms with Crippen LogP contribution in [0.3, 0.4) is 0 Å². The number of rotatable bonds is 6. The van der Waals surface area contributed by atoms with Crippen LogP contribution < -0.4 is 0 Å². The van der Waals surface area contributed by atoms with Crippen LogP contribution in [-0.2, 0) is 22.7 Å². The molecule has 0 fully saturated rings. The quantitative estimate of drug-likeness (QED) is 0.246. The molecule has 0 heterocycles. The predicted octanol–water partition coefficient (Wildman–Crippen LogP) is 6.55. The van der Waals surface area contributed by atoms with Crippen molar-refractivity contribution in [1.29, 1.82) is 0 Å². The van der Waals surface area contributed by atoms with Crippen LogP contribution in [0.15, 0.2) is 48.5 Å². The third-order valence-electron chi connectivity index (χ3n) is 3.85. The highest BCUT2D eigenvalue weighted by atomic mass is 127. The number of alkyl halides is 4. The molecule has 7 heteroatoms. The van der Waals surface area contributed by atoms with Gasteiger partial charge in [-0.05, 0) is 115 Å². The van der Waals surface area contributed by atoms with Crippen LogP contribution in [0.1, 0.15) is 22.3 Å². The normalized spacial score (nSPS) is 13.0. The lowest BCUT2D eigenvalue weighted by atomic mass is 10.1. The summed E-state index contributed by atoms with van der Waals surface area (Å²) in [4.78, 5) is 0. The molecule has 0 saturated heterocycles. The molecule has 0 radical (unpaired) electrons. The van der Waals surface area contributed by atoms with Crippen molar-refractivity contribution in [2.24, 2.45) is 0 Å². The lowest BCUT2D eigenvalue weighted by Gasteiger charge is -2.30. The maximum atomic E-state index is 13.4. The molecule has 0 amide bonds. The highest BCUT2D eigenvalue weighted by Gasteiger charge is 2.51. The van der Waals surface area contributed by atoms with Crippen molar-refractivity contribution < 1.29 is 8.42 Å². The van der Waals surface area contributed by atoms with E-state index in [2.05, 4.69) is 90.4 Å². The van der Waals surface area contributed by atoms with Gasteiger partial charge in [-0.25, -0.2) is 8.42 Å². The molecule has 0 aromatic heterocycles. The first-order chi connectivity index (χ1) is 11.4. The van der Waals surface area contributed by atoms with E-state index in [1.807, 2.05) is 62.4 Å². The molecule has 0 unspecified atom stereocenters. The van der Waals surface area contributed by atoms with Crippen LogP contribution in [0, 0.1) is 13.8 Å². The first-order valence-corrected chi connectivity index (χ1v) is 13.4. The second kappa shape index (κ2) is 8.76. The summed E-state index contributed by atoms with van der Waals surface area (Å²) in [7, 11) is -3.41. The van der Waals surface area contributed by atoms with Gasteiger partial charge in [-0.3, -0.25) is 0 Å². The van der Waals surface area contributed by atoms with Crippen LogP contribution >= 0.6 is 90.4 Å². The zero-order chi connectivity index (χ0) is 18.9. The lowest BCUT2D eigenvalue weighted by Crippen LogP contribution is -2.40. The van der Waals surface area contributed by atoms with Gasteiger partial charge in [-0.1, -0.05) is 59.7 Å². The molecule has 0 saturated carbocycles. The zero-order valence-electron chi connectivity index (χ0n) is 13.8. The summed E-state index contributed by atoms with van der Waals surface area (Å²) in [6, 6.07) is 16.2. The Hall–Kier alpha value is 1.31. The van der Waals surface area contributed by atoms with E-state index in [0.29, 0.717) is 12.8 Å². The molecule has 0 bridgehead atoms. The summed E-state index contributed by atoms with van der Waals surface area (Å²) in [6.07, 6.45) is 0.969. The van der Waals surface area contributed by atoms with Gasteiger partial charge in [0.15, 0.2) is 11.4 Å². The van der Waals surface area contributed by atoms with Crippen LogP contribution in [0.4, 0.5) is 0 Å². The van der Waals surface area contributed by atoms with E-state index < -0.39 is 11.4 Å². The van der Waals surface area contributed by atoms with Crippen molar-refractivity contribution in [3.05, 3.63) is 70.8 Å². The monoisotopic (exact) mass is 806 g/mol. The average molecular weight is 806 g/mol. The van der Waals surface area contributed by atoms with Gasteiger partial charge in [0, 0.05) is 12.8 Å². The Morgan fingerprint density at radius 3 is 1.24 bits per heavy atom. The van der Waals surface area contributed by atoms with Gasteiger partial charge in [0.05, 0.1) is 0 Å². The molecule has 2 aromatic carbocycles. The zero-order valence-corrected chi connectivity index (χ0v) is 23.2. The van der Waals surface area contributed by atoms with Crippen molar-refractivity contribution in [2.75, 3.05) is 0 Å². The van der Waals surface area contributed by atoms with Gasteiger partial charge in [0.2, 0.25) is 0 Å². The molecule has 0 spiro atoms. The lowest BCUT2D eigenvalue weighted by molar-refractivity contribution is 0.589. The molecule has 0 aliphatic heterocycles. The Bertz CT molecular complexity index is 761. The first kappa shape index (κ1) is 22.6. The Balaban J connectivity index is 2.26. The Morgan fingerprint density at radius 1 is 0.680 bits per heavy atom. The minimum atomic E-state index is -3.41. The van der Waals surface area contributed by atoms with E-state index in [9.17, 15) is 8.42 Å². The second-order valence-corrected chi connectivity index (χ2v) is 22.9. The third kappa shape index (κ3) is 5.66. The number of sulfone groups is 1. The molecule has 2 nitrogen and oxygen atoms in total. The van der Waals surface area contributed by atoms with E-state index in [1.165, 1.54) is 11.1 Å².